The molecule has 1 aliphatic rings. The standard InChI is InChI=1S/C13H16ClNO4S/c1-19-13(6-3-7-13)9-15-12(16)10-4-2-5-11(8-10)20(14,17)18/h2,4-5,8H,3,6-7,9H2,1H3,(H,15,16). The maximum atomic E-state index is 12.0. The summed E-state index contributed by atoms with van der Waals surface area (Å²) in [6, 6.07) is 5.64. The van der Waals surface area contributed by atoms with E-state index >= 15 is 0 Å². The fourth-order valence-electron chi connectivity index (χ4n) is 2.16. The van der Waals surface area contributed by atoms with Crippen molar-refractivity contribution < 1.29 is 17.9 Å². The summed E-state index contributed by atoms with van der Waals surface area (Å²) in [6.45, 7) is 0.417. The van der Waals surface area contributed by atoms with Gasteiger partial charge in [0.2, 0.25) is 0 Å². The van der Waals surface area contributed by atoms with Gasteiger partial charge in [-0.2, -0.15) is 0 Å². The Kier molecular flexibility index (Phi) is 4.36. The minimum absolute atomic E-state index is 0.0862. The van der Waals surface area contributed by atoms with Gasteiger partial charge in [0.05, 0.1) is 10.5 Å². The molecule has 0 atom stereocenters. The quantitative estimate of drug-likeness (QED) is 0.842. The lowest BCUT2D eigenvalue weighted by Gasteiger charge is -2.40. The van der Waals surface area contributed by atoms with Crippen LogP contribution in [0.4, 0.5) is 0 Å². The first kappa shape index (κ1) is 15.3. The van der Waals surface area contributed by atoms with Crippen molar-refractivity contribution in [2.45, 2.75) is 29.8 Å². The molecule has 1 N–H and O–H groups in total. The van der Waals surface area contributed by atoms with E-state index in [4.69, 9.17) is 15.4 Å². The summed E-state index contributed by atoms with van der Waals surface area (Å²) >= 11 is 0. The van der Waals surface area contributed by atoms with E-state index < -0.39 is 9.05 Å². The zero-order valence-corrected chi connectivity index (χ0v) is 12.6. The molecule has 1 saturated carbocycles. The lowest BCUT2D eigenvalue weighted by molar-refractivity contribution is -0.0679. The number of halogens is 1. The zero-order valence-electron chi connectivity index (χ0n) is 11.1. The molecule has 20 heavy (non-hydrogen) atoms. The molecule has 0 aromatic heterocycles. The molecule has 0 aliphatic heterocycles. The minimum Gasteiger partial charge on any atom is -0.376 e. The molecule has 0 radical (unpaired) electrons. The highest BCUT2D eigenvalue weighted by atomic mass is 35.7. The Labute approximate surface area is 122 Å². The fraction of sp³-hybridized carbons (Fsp3) is 0.462. The monoisotopic (exact) mass is 317 g/mol. The topological polar surface area (TPSA) is 72.5 Å². The molecule has 0 unspecified atom stereocenters. The van der Waals surface area contributed by atoms with Crippen LogP contribution in [0.2, 0.25) is 0 Å². The van der Waals surface area contributed by atoms with Crippen molar-refractivity contribution in [1.29, 1.82) is 0 Å². The van der Waals surface area contributed by atoms with E-state index in [1.165, 1.54) is 18.2 Å². The molecule has 0 bridgehead atoms. The normalized spacial score (nSPS) is 17.3. The molecule has 7 heteroatoms. The van der Waals surface area contributed by atoms with Crippen LogP contribution in [0.3, 0.4) is 0 Å². The van der Waals surface area contributed by atoms with Crippen LogP contribution in [0.15, 0.2) is 29.2 Å². The zero-order chi connectivity index (χ0) is 14.8. The van der Waals surface area contributed by atoms with Gasteiger partial charge in [0.25, 0.3) is 15.0 Å². The second-order valence-electron chi connectivity index (χ2n) is 4.89. The Hall–Kier alpha value is -1.11. The van der Waals surface area contributed by atoms with E-state index in [0.29, 0.717) is 6.54 Å². The number of amides is 1. The van der Waals surface area contributed by atoms with Crippen molar-refractivity contribution in [3.8, 4) is 0 Å². The van der Waals surface area contributed by atoms with Crippen molar-refractivity contribution in [2.24, 2.45) is 0 Å². The van der Waals surface area contributed by atoms with Crippen molar-refractivity contribution in [3.63, 3.8) is 0 Å². The van der Waals surface area contributed by atoms with E-state index in [1.54, 1.807) is 13.2 Å². The maximum Gasteiger partial charge on any atom is 0.261 e. The number of nitrogens with one attached hydrogen (secondary N) is 1. The van der Waals surface area contributed by atoms with E-state index in [2.05, 4.69) is 5.32 Å². The van der Waals surface area contributed by atoms with Crippen LogP contribution in [0.1, 0.15) is 29.6 Å². The second kappa shape index (κ2) is 5.71. The molecule has 5 nitrogen and oxygen atoms in total. The second-order valence-corrected chi connectivity index (χ2v) is 7.45. The number of rotatable bonds is 5. The lowest BCUT2D eigenvalue weighted by atomic mass is 9.80. The van der Waals surface area contributed by atoms with Gasteiger partial charge < -0.3 is 10.1 Å². The predicted molar refractivity (Wildman–Crippen MR) is 75.4 cm³/mol. The number of hydrogen-bond donors (Lipinski definition) is 1. The largest absolute Gasteiger partial charge is 0.376 e. The third-order valence-electron chi connectivity index (χ3n) is 3.65. The molecular formula is C13H16ClNO4S. The van der Waals surface area contributed by atoms with Crippen LogP contribution in [0.25, 0.3) is 0 Å². The van der Waals surface area contributed by atoms with Crippen LogP contribution in [-0.4, -0.2) is 33.6 Å². The number of carbonyl (C=O) groups excluding carboxylic acids is 1. The molecule has 1 aliphatic carbocycles. The molecule has 0 saturated heterocycles. The first-order chi connectivity index (χ1) is 9.36. The Morgan fingerprint density at radius 2 is 2.15 bits per heavy atom. The maximum absolute atomic E-state index is 12.0. The third kappa shape index (κ3) is 3.31. The average Bonchev–Trinajstić information content (AvgIpc) is 2.37. The van der Waals surface area contributed by atoms with E-state index in [9.17, 15) is 13.2 Å². The molecule has 110 valence electrons. The first-order valence-corrected chi connectivity index (χ1v) is 8.55. The van der Waals surface area contributed by atoms with Crippen molar-refractivity contribution in [1.82, 2.24) is 5.32 Å². The van der Waals surface area contributed by atoms with Crippen LogP contribution in [-0.2, 0) is 13.8 Å². The highest BCUT2D eigenvalue weighted by Gasteiger charge is 2.37. The molecule has 0 heterocycles. The Balaban J connectivity index is 2.06. The Morgan fingerprint density at radius 3 is 2.65 bits per heavy atom. The number of carbonyl (C=O) groups is 1. The molecule has 2 rings (SSSR count). The van der Waals surface area contributed by atoms with Crippen LogP contribution in [0.5, 0.6) is 0 Å². The first-order valence-electron chi connectivity index (χ1n) is 6.24. The average molecular weight is 318 g/mol. The van der Waals surface area contributed by atoms with E-state index in [-0.39, 0.29) is 22.0 Å². The van der Waals surface area contributed by atoms with E-state index in [1.807, 2.05) is 0 Å². The number of hydrogen-bond acceptors (Lipinski definition) is 4. The van der Waals surface area contributed by atoms with Gasteiger partial charge in [-0.1, -0.05) is 6.07 Å². The van der Waals surface area contributed by atoms with Crippen LogP contribution in [0, 0.1) is 0 Å². The molecular weight excluding hydrogens is 302 g/mol. The summed E-state index contributed by atoms with van der Waals surface area (Å²) in [6.07, 6.45) is 2.92. The van der Waals surface area contributed by atoms with Gasteiger partial charge in [0.1, 0.15) is 0 Å². The Bertz CT molecular complexity index is 605. The van der Waals surface area contributed by atoms with Gasteiger partial charge in [-0.3, -0.25) is 4.79 Å². The number of benzene rings is 1. The summed E-state index contributed by atoms with van der Waals surface area (Å²) in [4.78, 5) is 11.9. The summed E-state index contributed by atoms with van der Waals surface area (Å²) in [5.74, 6) is -0.338. The molecule has 1 amide bonds. The number of methoxy groups -OCH3 is 1. The Morgan fingerprint density at radius 1 is 1.45 bits per heavy atom. The van der Waals surface area contributed by atoms with Crippen LogP contribution >= 0.6 is 10.7 Å². The van der Waals surface area contributed by atoms with Gasteiger partial charge in [-0.15, -0.1) is 0 Å². The summed E-state index contributed by atoms with van der Waals surface area (Å²) in [5.41, 5.74) is -0.0106. The van der Waals surface area contributed by atoms with E-state index in [0.717, 1.165) is 19.3 Å². The molecule has 1 aromatic rings. The van der Waals surface area contributed by atoms with Gasteiger partial charge in [-0.25, -0.2) is 8.42 Å². The van der Waals surface area contributed by atoms with Gasteiger partial charge >= 0.3 is 0 Å². The van der Waals surface area contributed by atoms with Gasteiger partial charge in [0, 0.05) is 29.9 Å². The van der Waals surface area contributed by atoms with Gasteiger partial charge in [0.15, 0.2) is 0 Å². The number of ether oxygens (including phenoxy) is 1. The summed E-state index contributed by atoms with van der Waals surface area (Å²) < 4.78 is 27.9. The smallest absolute Gasteiger partial charge is 0.261 e. The third-order valence-corrected chi connectivity index (χ3v) is 5.00. The molecule has 1 fully saturated rings. The van der Waals surface area contributed by atoms with Crippen LogP contribution < -0.4 is 5.32 Å². The highest BCUT2D eigenvalue weighted by molar-refractivity contribution is 8.13. The summed E-state index contributed by atoms with van der Waals surface area (Å²) in [7, 11) is 3.06. The predicted octanol–water partition coefficient (Wildman–Crippen LogP) is 1.91. The van der Waals surface area contributed by atoms with Crippen molar-refractivity contribution in [3.05, 3.63) is 29.8 Å². The SMILES string of the molecule is COC1(CNC(=O)c2cccc(S(=O)(=O)Cl)c2)CCC1. The summed E-state index contributed by atoms with van der Waals surface area (Å²) in [5, 5.41) is 2.77. The fourth-order valence-corrected chi connectivity index (χ4v) is 2.95. The minimum atomic E-state index is -3.83. The molecule has 1 aromatic carbocycles. The van der Waals surface area contributed by atoms with Crippen molar-refractivity contribution >= 4 is 25.6 Å². The molecule has 0 spiro atoms. The lowest BCUT2D eigenvalue weighted by Crippen LogP contribution is -2.49. The van der Waals surface area contributed by atoms with Gasteiger partial charge in [-0.05, 0) is 37.5 Å². The van der Waals surface area contributed by atoms with Crippen molar-refractivity contribution in [2.75, 3.05) is 13.7 Å². The highest BCUT2D eigenvalue weighted by Crippen LogP contribution is 2.34.